The maximum Gasteiger partial charge on any atom is 0.407 e. The highest BCUT2D eigenvalue weighted by Gasteiger charge is 2.32. The van der Waals surface area contributed by atoms with Gasteiger partial charge in [-0.25, -0.2) is 9.78 Å². The first-order chi connectivity index (χ1) is 20.5. The number of aryl methyl sites for hydroxylation is 1. The van der Waals surface area contributed by atoms with Crippen LogP contribution in [0.1, 0.15) is 41.1 Å². The van der Waals surface area contributed by atoms with E-state index in [9.17, 15) is 9.90 Å². The first-order valence-corrected chi connectivity index (χ1v) is 14.8. The molecule has 0 aliphatic carbocycles. The molecular weight excluding hydrogens is 550 g/mol. The molecule has 1 aliphatic rings. The molecule has 9 heteroatoms. The molecule has 1 saturated heterocycles. The fourth-order valence-electron chi connectivity index (χ4n) is 4.73. The van der Waals surface area contributed by atoms with Gasteiger partial charge in [-0.05, 0) is 33.9 Å². The Hall–Kier alpha value is -3.89. The van der Waals surface area contributed by atoms with Gasteiger partial charge in [0.25, 0.3) is 0 Å². The third kappa shape index (κ3) is 7.68. The summed E-state index contributed by atoms with van der Waals surface area (Å²) < 4.78 is 20.0. The molecule has 2 N–H and O–H groups in total. The van der Waals surface area contributed by atoms with Gasteiger partial charge in [0.2, 0.25) is 0 Å². The van der Waals surface area contributed by atoms with Crippen LogP contribution in [0.4, 0.5) is 4.79 Å². The predicted octanol–water partition coefficient (Wildman–Crippen LogP) is 6.33. The fourth-order valence-corrected chi connectivity index (χ4v) is 5.68. The van der Waals surface area contributed by atoms with Crippen molar-refractivity contribution in [3.8, 4) is 11.1 Å². The van der Waals surface area contributed by atoms with Gasteiger partial charge >= 0.3 is 6.09 Å². The highest BCUT2D eigenvalue weighted by molar-refractivity contribution is 7.99. The minimum atomic E-state index is -0.528. The summed E-state index contributed by atoms with van der Waals surface area (Å²) >= 11 is 1.67. The second-order valence-corrected chi connectivity index (χ2v) is 11.0. The third-order valence-electron chi connectivity index (χ3n) is 7.00. The lowest BCUT2D eigenvalue weighted by atomic mass is 9.99. The lowest BCUT2D eigenvalue weighted by Gasteiger charge is -2.36. The third-order valence-corrected chi connectivity index (χ3v) is 8.19. The molecule has 3 atom stereocenters. The second-order valence-electron chi connectivity index (χ2n) is 10.0. The number of carbonyl (C=O) groups is 1. The van der Waals surface area contributed by atoms with Crippen LogP contribution in [0.2, 0.25) is 0 Å². The van der Waals surface area contributed by atoms with Crippen molar-refractivity contribution in [2.45, 2.75) is 43.2 Å². The average molecular weight is 586 g/mol. The number of alkyl carbamates (subject to hydrolysis) is 1. The molecule has 1 amide bonds. The molecule has 1 aliphatic heterocycles. The maximum absolute atomic E-state index is 11.8. The number of carbonyl (C=O) groups excluding carboxylic acids is 1. The van der Waals surface area contributed by atoms with Crippen molar-refractivity contribution in [2.75, 3.05) is 12.4 Å². The Morgan fingerprint density at radius 2 is 1.88 bits per heavy atom. The number of nitrogens with one attached hydrogen (secondary N) is 1. The summed E-state index contributed by atoms with van der Waals surface area (Å²) in [6, 6.07) is 24.1. The number of hydrogen-bond acceptors (Lipinski definition) is 7. The molecule has 1 fully saturated rings. The standard InChI is InChI=1S/C33H35N3O5S/c1-3-17-39-33(38)35-20-24-5-4-6-28(18-24)25-11-13-27(14-12-25)31-40-29(22-42-32-34-15-16-36(32)2)19-30(41-31)26-9-7-23(21-37)8-10-26/h3-16,18,29-31,37H,1,17,19-22H2,2H3,(H,35,38)/t29-,30+,31+/m1/s1. The van der Waals surface area contributed by atoms with E-state index in [1.165, 1.54) is 6.08 Å². The molecule has 5 rings (SSSR count). The van der Waals surface area contributed by atoms with Crippen molar-refractivity contribution in [1.82, 2.24) is 14.9 Å². The van der Waals surface area contributed by atoms with E-state index in [0.717, 1.165) is 44.3 Å². The molecule has 0 unspecified atom stereocenters. The summed E-state index contributed by atoms with van der Waals surface area (Å²) in [6.07, 6.45) is 4.79. The summed E-state index contributed by atoms with van der Waals surface area (Å²) in [5, 5.41) is 13.2. The van der Waals surface area contributed by atoms with Crippen LogP contribution in [0.25, 0.3) is 11.1 Å². The van der Waals surface area contributed by atoms with Crippen LogP contribution in [-0.2, 0) is 34.4 Å². The Morgan fingerprint density at radius 1 is 1.10 bits per heavy atom. The van der Waals surface area contributed by atoms with Gasteiger partial charge in [0.15, 0.2) is 11.4 Å². The summed E-state index contributed by atoms with van der Waals surface area (Å²) in [5.41, 5.74) is 5.91. The van der Waals surface area contributed by atoms with Gasteiger partial charge in [0.05, 0.1) is 18.8 Å². The van der Waals surface area contributed by atoms with Crippen molar-refractivity contribution in [2.24, 2.45) is 7.05 Å². The molecule has 0 spiro atoms. The lowest BCUT2D eigenvalue weighted by molar-refractivity contribution is -0.245. The smallest absolute Gasteiger partial charge is 0.407 e. The Morgan fingerprint density at radius 3 is 2.60 bits per heavy atom. The molecule has 42 heavy (non-hydrogen) atoms. The van der Waals surface area contributed by atoms with Crippen LogP contribution in [0.15, 0.2) is 103 Å². The first-order valence-electron chi connectivity index (χ1n) is 13.8. The number of amides is 1. The van der Waals surface area contributed by atoms with Gasteiger partial charge in [-0.15, -0.1) is 0 Å². The summed E-state index contributed by atoms with van der Waals surface area (Å²) in [4.78, 5) is 16.2. The number of aliphatic hydroxyl groups is 1. The Labute approximate surface area is 250 Å². The van der Waals surface area contributed by atoms with Gasteiger partial charge in [-0.2, -0.15) is 0 Å². The normalized spacial score (nSPS) is 18.4. The number of thioether (sulfide) groups is 1. The van der Waals surface area contributed by atoms with E-state index in [1.54, 1.807) is 18.0 Å². The van der Waals surface area contributed by atoms with Crippen LogP contribution >= 0.6 is 11.8 Å². The van der Waals surface area contributed by atoms with Gasteiger partial charge in [-0.1, -0.05) is 91.1 Å². The Bertz CT molecular complexity index is 1470. The van der Waals surface area contributed by atoms with E-state index in [-0.39, 0.29) is 25.4 Å². The van der Waals surface area contributed by atoms with E-state index in [2.05, 4.69) is 29.0 Å². The SMILES string of the molecule is C=CCOC(=O)NCc1cccc(-c2ccc([C@H]3O[C@@H](CSc4nccn4C)C[C@@H](c4ccc(CO)cc4)O3)cc2)c1. The number of benzene rings is 3. The van der Waals surface area contributed by atoms with E-state index in [0.29, 0.717) is 13.0 Å². The zero-order valence-electron chi connectivity index (χ0n) is 23.5. The van der Waals surface area contributed by atoms with E-state index < -0.39 is 12.4 Å². The Balaban J connectivity index is 1.29. The highest BCUT2D eigenvalue weighted by Crippen LogP contribution is 2.39. The molecule has 3 aromatic carbocycles. The van der Waals surface area contributed by atoms with E-state index in [4.69, 9.17) is 14.2 Å². The number of imidazole rings is 1. The van der Waals surface area contributed by atoms with E-state index >= 15 is 0 Å². The number of hydrogen-bond donors (Lipinski definition) is 2. The van der Waals surface area contributed by atoms with Gasteiger partial charge < -0.3 is 29.2 Å². The molecular formula is C33H35N3O5S. The van der Waals surface area contributed by atoms with Crippen molar-refractivity contribution >= 4 is 17.9 Å². The van der Waals surface area contributed by atoms with Crippen LogP contribution < -0.4 is 5.32 Å². The zero-order valence-corrected chi connectivity index (χ0v) is 24.3. The largest absolute Gasteiger partial charge is 0.445 e. The van der Waals surface area contributed by atoms with Crippen LogP contribution in [0, 0.1) is 0 Å². The van der Waals surface area contributed by atoms with Crippen LogP contribution in [0.3, 0.4) is 0 Å². The molecule has 1 aromatic heterocycles. The summed E-state index contributed by atoms with van der Waals surface area (Å²) in [7, 11) is 1.99. The zero-order chi connectivity index (χ0) is 29.3. The highest BCUT2D eigenvalue weighted by atomic mass is 32.2. The fraction of sp³-hybridized carbons (Fsp3) is 0.273. The quantitative estimate of drug-likeness (QED) is 0.157. The van der Waals surface area contributed by atoms with Gasteiger partial charge in [0.1, 0.15) is 6.61 Å². The first kappa shape index (κ1) is 29.6. The Kier molecular flexibility index (Phi) is 10.1. The second kappa shape index (κ2) is 14.3. The van der Waals surface area contributed by atoms with Gasteiger partial charge in [-0.3, -0.25) is 0 Å². The molecule has 0 bridgehead atoms. The average Bonchev–Trinajstić information content (AvgIpc) is 3.46. The summed E-state index contributed by atoms with van der Waals surface area (Å²) in [5.74, 6) is 0.746. The molecule has 0 saturated carbocycles. The number of aromatic nitrogens is 2. The minimum absolute atomic E-state index is 0.00844. The maximum atomic E-state index is 11.8. The molecule has 8 nitrogen and oxygen atoms in total. The molecule has 0 radical (unpaired) electrons. The summed E-state index contributed by atoms with van der Waals surface area (Å²) in [6.45, 7) is 4.09. The topological polar surface area (TPSA) is 94.8 Å². The molecule has 4 aromatic rings. The monoisotopic (exact) mass is 585 g/mol. The van der Waals surface area contributed by atoms with Gasteiger partial charge in [0, 0.05) is 43.7 Å². The lowest BCUT2D eigenvalue weighted by Crippen LogP contribution is -2.31. The number of nitrogens with zero attached hydrogens (tertiary/aromatic N) is 2. The van der Waals surface area contributed by atoms with Crippen molar-refractivity contribution in [3.05, 3.63) is 120 Å². The van der Waals surface area contributed by atoms with Crippen molar-refractivity contribution in [1.29, 1.82) is 0 Å². The predicted molar refractivity (Wildman–Crippen MR) is 163 cm³/mol. The number of rotatable bonds is 11. The van der Waals surface area contributed by atoms with Crippen molar-refractivity contribution < 1.29 is 24.1 Å². The van der Waals surface area contributed by atoms with Crippen molar-refractivity contribution in [3.63, 3.8) is 0 Å². The molecule has 2 heterocycles. The van der Waals surface area contributed by atoms with Crippen LogP contribution in [0.5, 0.6) is 0 Å². The van der Waals surface area contributed by atoms with E-state index in [1.807, 2.05) is 78.5 Å². The number of aliphatic hydroxyl groups excluding tert-OH is 1. The molecule has 218 valence electrons. The van der Waals surface area contributed by atoms with Crippen LogP contribution in [-0.4, -0.2) is 39.2 Å². The number of ether oxygens (including phenoxy) is 3. The minimum Gasteiger partial charge on any atom is -0.445 e.